The second-order valence-corrected chi connectivity index (χ2v) is 7.59. The first-order valence-corrected chi connectivity index (χ1v) is 10.1. The van der Waals surface area contributed by atoms with Gasteiger partial charge in [0.15, 0.2) is 0 Å². The number of hydrogen-bond donors (Lipinski definition) is 1. The van der Waals surface area contributed by atoms with Gasteiger partial charge in [-0.3, -0.25) is 9.59 Å². The third kappa shape index (κ3) is 5.50. The molecule has 0 aliphatic carbocycles. The molecule has 2 amide bonds. The highest BCUT2D eigenvalue weighted by molar-refractivity contribution is 5.84. The van der Waals surface area contributed by atoms with Crippen LogP contribution in [0.15, 0.2) is 54.6 Å². The number of piperazine rings is 1. The summed E-state index contributed by atoms with van der Waals surface area (Å²) < 4.78 is 0. The number of hydrogen-bond acceptors (Lipinski definition) is 4. The fourth-order valence-electron chi connectivity index (χ4n) is 3.59. The average molecular weight is 395 g/mol. The maximum absolute atomic E-state index is 12.7. The van der Waals surface area contributed by atoms with Crippen LogP contribution in [0.25, 0.3) is 0 Å². The minimum atomic E-state index is -0.313. The minimum Gasteiger partial charge on any atom is -0.374 e. The normalized spacial score (nSPS) is 15.0. The van der Waals surface area contributed by atoms with Crippen molar-refractivity contribution < 1.29 is 9.59 Å². The van der Waals surface area contributed by atoms with E-state index in [1.807, 2.05) is 30.0 Å². The summed E-state index contributed by atoms with van der Waals surface area (Å²) in [5.41, 5.74) is 3.31. The van der Waals surface area contributed by atoms with Gasteiger partial charge in [0.2, 0.25) is 11.8 Å². The van der Waals surface area contributed by atoms with Gasteiger partial charge in [-0.25, -0.2) is 0 Å². The first-order valence-electron chi connectivity index (χ1n) is 10.1. The first-order chi connectivity index (χ1) is 13.9. The Morgan fingerprint density at radius 1 is 0.966 bits per heavy atom. The van der Waals surface area contributed by atoms with Crippen molar-refractivity contribution in [3.05, 3.63) is 60.2 Å². The first kappa shape index (κ1) is 20.7. The molecule has 0 radical (unpaired) electrons. The van der Waals surface area contributed by atoms with E-state index in [-0.39, 0.29) is 17.9 Å². The Labute approximate surface area is 173 Å². The number of rotatable bonds is 6. The van der Waals surface area contributed by atoms with Crippen LogP contribution in [0.5, 0.6) is 0 Å². The van der Waals surface area contributed by atoms with Crippen molar-refractivity contribution in [2.45, 2.75) is 26.4 Å². The molecule has 1 fully saturated rings. The summed E-state index contributed by atoms with van der Waals surface area (Å²) in [5.74, 6) is 0.138. The smallest absolute Gasteiger partial charge is 0.244 e. The maximum Gasteiger partial charge on any atom is 0.244 e. The molecule has 1 aliphatic rings. The standard InChI is InChI=1S/C23H30N4O2/c1-18(23(29)27-15-13-26(14-16-27)19(2)28)24-21-9-11-22(12-10-21)25(3)17-20-7-5-4-6-8-20/h4-12,18,24H,13-17H2,1-3H3/t18-/m0/s1. The molecule has 3 rings (SSSR count). The van der Waals surface area contributed by atoms with Crippen molar-refractivity contribution in [3.8, 4) is 0 Å². The molecular weight excluding hydrogens is 364 g/mol. The predicted octanol–water partition coefficient (Wildman–Crippen LogP) is 2.81. The number of nitrogens with one attached hydrogen (secondary N) is 1. The number of carbonyl (C=O) groups excluding carboxylic acids is 2. The van der Waals surface area contributed by atoms with E-state index in [0.717, 1.165) is 17.9 Å². The van der Waals surface area contributed by atoms with E-state index in [0.29, 0.717) is 26.2 Å². The summed E-state index contributed by atoms with van der Waals surface area (Å²) in [7, 11) is 2.07. The number of anilines is 2. The Bertz CT molecular complexity index is 815. The summed E-state index contributed by atoms with van der Waals surface area (Å²) >= 11 is 0. The Morgan fingerprint density at radius 2 is 1.55 bits per heavy atom. The van der Waals surface area contributed by atoms with Gasteiger partial charge in [0.25, 0.3) is 0 Å². The molecule has 2 aromatic carbocycles. The lowest BCUT2D eigenvalue weighted by atomic mass is 10.2. The highest BCUT2D eigenvalue weighted by atomic mass is 16.2. The third-order valence-electron chi connectivity index (χ3n) is 5.36. The summed E-state index contributed by atoms with van der Waals surface area (Å²) in [6.07, 6.45) is 0. The zero-order chi connectivity index (χ0) is 20.8. The molecule has 1 aliphatic heterocycles. The van der Waals surface area contributed by atoms with Crippen LogP contribution in [0.4, 0.5) is 11.4 Å². The third-order valence-corrected chi connectivity index (χ3v) is 5.36. The molecule has 0 aromatic heterocycles. The summed E-state index contributed by atoms with van der Waals surface area (Å²) in [6.45, 7) is 6.69. The molecule has 0 bridgehead atoms. The molecule has 0 saturated carbocycles. The quantitative estimate of drug-likeness (QED) is 0.819. The van der Waals surface area contributed by atoms with Crippen molar-refractivity contribution >= 4 is 23.2 Å². The predicted molar refractivity (Wildman–Crippen MR) is 117 cm³/mol. The van der Waals surface area contributed by atoms with Crippen molar-refractivity contribution in [1.82, 2.24) is 9.80 Å². The van der Waals surface area contributed by atoms with E-state index in [1.54, 1.807) is 11.8 Å². The van der Waals surface area contributed by atoms with Crippen LogP contribution in [0.3, 0.4) is 0 Å². The summed E-state index contributed by atoms with van der Waals surface area (Å²) in [5, 5.41) is 3.30. The van der Waals surface area contributed by atoms with Gasteiger partial charge in [0, 0.05) is 58.1 Å². The van der Waals surface area contributed by atoms with Gasteiger partial charge >= 0.3 is 0 Å². The lowest BCUT2D eigenvalue weighted by Gasteiger charge is -2.35. The molecule has 29 heavy (non-hydrogen) atoms. The summed E-state index contributed by atoms with van der Waals surface area (Å²) in [4.78, 5) is 30.0. The van der Waals surface area contributed by atoms with Crippen LogP contribution in [-0.2, 0) is 16.1 Å². The highest BCUT2D eigenvalue weighted by Gasteiger charge is 2.25. The number of benzene rings is 2. The van der Waals surface area contributed by atoms with E-state index < -0.39 is 0 Å². The zero-order valence-corrected chi connectivity index (χ0v) is 17.5. The van der Waals surface area contributed by atoms with Gasteiger partial charge in [-0.2, -0.15) is 0 Å². The Kier molecular flexibility index (Phi) is 6.75. The highest BCUT2D eigenvalue weighted by Crippen LogP contribution is 2.19. The fraction of sp³-hybridized carbons (Fsp3) is 0.391. The molecular formula is C23H30N4O2. The van der Waals surface area contributed by atoms with Crippen LogP contribution in [0, 0.1) is 0 Å². The van der Waals surface area contributed by atoms with Crippen molar-refractivity contribution in [1.29, 1.82) is 0 Å². The molecule has 1 N–H and O–H groups in total. The second-order valence-electron chi connectivity index (χ2n) is 7.59. The number of amides is 2. The van der Waals surface area contributed by atoms with Crippen LogP contribution < -0.4 is 10.2 Å². The van der Waals surface area contributed by atoms with Gasteiger partial charge in [-0.1, -0.05) is 30.3 Å². The largest absolute Gasteiger partial charge is 0.374 e. The van der Waals surface area contributed by atoms with Crippen LogP contribution in [0.2, 0.25) is 0 Å². The van der Waals surface area contributed by atoms with Gasteiger partial charge < -0.3 is 20.0 Å². The van der Waals surface area contributed by atoms with Gasteiger partial charge in [-0.05, 0) is 36.8 Å². The molecule has 6 heteroatoms. The monoisotopic (exact) mass is 394 g/mol. The molecule has 1 saturated heterocycles. The fourth-order valence-corrected chi connectivity index (χ4v) is 3.59. The van der Waals surface area contributed by atoms with Gasteiger partial charge in [0.05, 0.1) is 0 Å². The summed E-state index contributed by atoms with van der Waals surface area (Å²) in [6, 6.07) is 18.2. The Hall–Kier alpha value is -3.02. The van der Waals surface area contributed by atoms with E-state index in [4.69, 9.17) is 0 Å². The van der Waals surface area contributed by atoms with Crippen molar-refractivity contribution in [2.75, 3.05) is 43.4 Å². The lowest BCUT2D eigenvalue weighted by molar-refractivity contribution is -0.138. The second kappa shape index (κ2) is 9.45. The van der Waals surface area contributed by atoms with Crippen molar-refractivity contribution in [3.63, 3.8) is 0 Å². The molecule has 1 heterocycles. The molecule has 2 aromatic rings. The number of nitrogens with zero attached hydrogens (tertiary/aromatic N) is 3. The molecule has 154 valence electrons. The van der Waals surface area contributed by atoms with E-state index >= 15 is 0 Å². The van der Waals surface area contributed by atoms with Gasteiger partial charge in [0.1, 0.15) is 6.04 Å². The van der Waals surface area contributed by atoms with Crippen molar-refractivity contribution in [2.24, 2.45) is 0 Å². The van der Waals surface area contributed by atoms with E-state index in [2.05, 4.69) is 53.7 Å². The molecule has 1 atom stereocenters. The SMILES string of the molecule is CC(=O)N1CCN(C(=O)[C@H](C)Nc2ccc(N(C)Cc3ccccc3)cc2)CC1. The minimum absolute atomic E-state index is 0.0680. The maximum atomic E-state index is 12.7. The molecule has 6 nitrogen and oxygen atoms in total. The zero-order valence-electron chi connectivity index (χ0n) is 17.5. The van der Waals surface area contributed by atoms with Gasteiger partial charge in [-0.15, -0.1) is 0 Å². The Balaban J connectivity index is 1.52. The molecule has 0 spiro atoms. The lowest BCUT2D eigenvalue weighted by Crippen LogP contribution is -2.53. The topological polar surface area (TPSA) is 55.9 Å². The Morgan fingerprint density at radius 3 is 2.14 bits per heavy atom. The van der Waals surface area contributed by atoms with Crippen LogP contribution in [-0.4, -0.2) is 60.9 Å². The average Bonchev–Trinajstić information content (AvgIpc) is 2.74. The van der Waals surface area contributed by atoms with Crippen LogP contribution >= 0.6 is 0 Å². The van der Waals surface area contributed by atoms with E-state index in [1.165, 1.54) is 5.56 Å². The van der Waals surface area contributed by atoms with Crippen LogP contribution in [0.1, 0.15) is 19.4 Å². The number of carbonyl (C=O) groups is 2. The molecule has 0 unspecified atom stereocenters. The van der Waals surface area contributed by atoms with E-state index in [9.17, 15) is 9.59 Å².